The molecule has 0 spiro atoms. The topological polar surface area (TPSA) is 49.6 Å². The van der Waals surface area contributed by atoms with Gasteiger partial charge in [-0.05, 0) is 44.7 Å². The van der Waals surface area contributed by atoms with E-state index in [2.05, 4.69) is 9.80 Å². The zero-order valence-electron chi connectivity index (χ0n) is 12.1. The van der Waals surface area contributed by atoms with E-state index in [1.165, 1.54) is 44.9 Å². The number of carbonyl (C=O) groups is 1. The molecule has 2 saturated heterocycles. The van der Waals surface area contributed by atoms with Crippen molar-refractivity contribution >= 4 is 5.91 Å². The average molecular weight is 267 g/mol. The van der Waals surface area contributed by atoms with Gasteiger partial charge in [0, 0.05) is 19.6 Å². The van der Waals surface area contributed by atoms with Crippen molar-refractivity contribution in [3.63, 3.8) is 0 Å². The van der Waals surface area contributed by atoms with E-state index in [-0.39, 0.29) is 0 Å². The molecule has 2 rings (SSSR count). The third kappa shape index (κ3) is 4.77. The largest absolute Gasteiger partial charge is 0.342 e. The highest BCUT2D eigenvalue weighted by atomic mass is 16.2. The molecule has 0 bridgehead atoms. The van der Waals surface area contributed by atoms with E-state index in [1.807, 2.05) is 0 Å². The minimum absolute atomic E-state index is 0.333. The average Bonchev–Trinajstić information content (AvgIpc) is 2.38. The summed E-state index contributed by atoms with van der Waals surface area (Å²) in [6.45, 7) is 5.37. The SMILES string of the molecule is NCC1CCCN(CC(=O)N2CCCCCCC2)C1. The molecule has 2 N–H and O–H groups in total. The zero-order valence-corrected chi connectivity index (χ0v) is 12.1. The first-order valence-electron chi connectivity index (χ1n) is 8.00. The maximum Gasteiger partial charge on any atom is 0.236 e. The molecule has 19 heavy (non-hydrogen) atoms. The second kappa shape index (κ2) is 7.85. The molecule has 4 heteroatoms. The third-order valence-corrected chi connectivity index (χ3v) is 4.50. The van der Waals surface area contributed by atoms with Crippen LogP contribution in [0.2, 0.25) is 0 Å². The lowest BCUT2D eigenvalue weighted by atomic mass is 9.98. The fraction of sp³-hybridized carbons (Fsp3) is 0.933. The van der Waals surface area contributed by atoms with Gasteiger partial charge in [-0.25, -0.2) is 0 Å². The summed E-state index contributed by atoms with van der Waals surface area (Å²) < 4.78 is 0. The number of rotatable bonds is 3. The Hall–Kier alpha value is -0.610. The first-order chi connectivity index (χ1) is 9.29. The molecule has 0 radical (unpaired) electrons. The van der Waals surface area contributed by atoms with E-state index in [4.69, 9.17) is 5.73 Å². The molecule has 1 unspecified atom stereocenters. The second-order valence-corrected chi connectivity index (χ2v) is 6.13. The Bertz CT molecular complexity index is 275. The molecule has 0 aromatic heterocycles. The normalized spacial score (nSPS) is 26.8. The summed E-state index contributed by atoms with van der Waals surface area (Å²) in [5, 5.41) is 0. The maximum absolute atomic E-state index is 12.4. The second-order valence-electron chi connectivity index (χ2n) is 6.13. The standard InChI is InChI=1S/C15H29N3O/c16-11-14-7-6-8-17(12-14)13-15(19)18-9-4-2-1-3-5-10-18/h14H,1-13,16H2. The van der Waals surface area contributed by atoms with E-state index in [0.29, 0.717) is 18.4 Å². The van der Waals surface area contributed by atoms with Crippen molar-refractivity contribution in [3.8, 4) is 0 Å². The van der Waals surface area contributed by atoms with Crippen molar-refractivity contribution < 1.29 is 4.79 Å². The molecule has 110 valence electrons. The molecule has 2 aliphatic heterocycles. The van der Waals surface area contributed by atoms with Crippen molar-refractivity contribution in [3.05, 3.63) is 0 Å². The van der Waals surface area contributed by atoms with Crippen molar-refractivity contribution in [1.82, 2.24) is 9.80 Å². The van der Waals surface area contributed by atoms with Crippen LogP contribution in [0.1, 0.15) is 44.9 Å². The van der Waals surface area contributed by atoms with E-state index in [1.54, 1.807) is 0 Å². The number of amides is 1. The lowest BCUT2D eigenvalue weighted by Gasteiger charge is -2.33. The highest BCUT2D eigenvalue weighted by Gasteiger charge is 2.23. The predicted octanol–water partition coefficient (Wildman–Crippen LogP) is 1.45. The van der Waals surface area contributed by atoms with Crippen LogP contribution in [0.4, 0.5) is 0 Å². The Labute approximate surface area is 117 Å². The van der Waals surface area contributed by atoms with Gasteiger partial charge in [0.25, 0.3) is 0 Å². The fourth-order valence-electron chi connectivity index (χ4n) is 3.28. The van der Waals surface area contributed by atoms with Gasteiger partial charge in [-0.15, -0.1) is 0 Å². The van der Waals surface area contributed by atoms with Gasteiger partial charge in [0.1, 0.15) is 0 Å². The smallest absolute Gasteiger partial charge is 0.236 e. The van der Waals surface area contributed by atoms with Gasteiger partial charge in [-0.2, -0.15) is 0 Å². The van der Waals surface area contributed by atoms with Crippen LogP contribution in [0.25, 0.3) is 0 Å². The van der Waals surface area contributed by atoms with E-state index < -0.39 is 0 Å². The summed E-state index contributed by atoms with van der Waals surface area (Å²) in [6, 6.07) is 0. The quantitative estimate of drug-likeness (QED) is 0.842. The summed E-state index contributed by atoms with van der Waals surface area (Å²) >= 11 is 0. The molecule has 2 fully saturated rings. The molecule has 0 aromatic carbocycles. The highest BCUT2D eigenvalue weighted by molar-refractivity contribution is 5.78. The van der Waals surface area contributed by atoms with Crippen LogP contribution in [-0.2, 0) is 4.79 Å². The van der Waals surface area contributed by atoms with Gasteiger partial charge in [0.2, 0.25) is 5.91 Å². The Morgan fingerprint density at radius 2 is 1.68 bits per heavy atom. The predicted molar refractivity (Wildman–Crippen MR) is 77.9 cm³/mol. The van der Waals surface area contributed by atoms with Crippen LogP contribution < -0.4 is 5.73 Å². The number of likely N-dealkylation sites (tertiary alicyclic amines) is 2. The maximum atomic E-state index is 12.4. The summed E-state index contributed by atoms with van der Waals surface area (Å²) in [6.07, 6.45) is 8.67. The van der Waals surface area contributed by atoms with Gasteiger partial charge < -0.3 is 10.6 Å². The number of hydrogen-bond acceptors (Lipinski definition) is 3. The molecular weight excluding hydrogens is 238 g/mol. The minimum Gasteiger partial charge on any atom is -0.342 e. The lowest BCUT2D eigenvalue weighted by Crippen LogP contribution is -2.46. The summed E-state index contributed by atoms with van der Waals surface area (Å²) in [5.74, 6) is 0.924. The molecular formula is C15H29N3O. The Kier molecular flexibility index (Phi) is 6.11. The Morgan fingerprint density at radius 3 is 2.37 bits per heavy atom. The van der Waals surface area contributed by atoms with Gasteiger partial charge in [0.05, 0.1) is 6.54 Å². The van der Waals surface area contributed by atoms with Gasteiger partial charge in [-0.3, -0.25) is 9.69 Å². The number of piperidine rings is 1. The van der Waals surface area contributed by atoms with Gasteiger partial charge in [0.15, 0.2) is 0 Å². The van der Waals surface area contributed by atoms with Gasteiger partial charge >= 0.3 is 0 Å². The molecule has 0 aliphatic carbocycles. The lowest BCUT2D eigenvalue weighted by molar-refractivity contribution is -0.133. The first kappa shape index (κ1) is 14.8. The summed E-state index contributed by atoms with van der Waals surface area (Å²) in [7, 11) is 0. The number of carbonyl (C=O) groups excluding carboxylic acids is 1. The van der Waals surface area contributed by atoms with Crippen molar-refractivity contribution in [2.45, 2.75) is 44.9 Å². The van der Waals surface area contributed by atoms with E-state index in [0.717, 1.165) is 32.7 Å². The van der Waals surface area contributed by atoms with Crippen molar-refractivity contribution in [2.75, 3.05) is 39.3 Å². The van der Waals surface area contributed by atoms with Crippen LogP contribution in [0.15, 0.2) is 0 Å². The van der Waals surface area contributed by atoms with E-state index in [9.17, 15) is 4.79 Å². The molecule has 2 aliphatic rings. The Morgan fingerprint density at radius 1 is 1.00 bits per heavy atom. The third-order valence-electron chi connectivity index (χ3n) is 4.50. The molecule has 1 atom stereocenters. The van der Waals surface area contributed by atoms with E-state index >= 15 is 0 Å². The monoisotopic (exact) mass is 267 g/mol. The van der Waals surface area contributed by atoms with Crippen LogP contribution >= 0.6 is 0 Å². The first-order valence-corrected chi connectivity index (χ1v) is 8.00. The molecule has 0 saturated carbocycles. The Balaban J connectivity index is 1.78. The minimum atomic E-state index is 0.333. The number of nitrogens with zero attached hydrogens (tertiary/aromatic N) is 2. The summed E-state index contributed by atoms with van der Waals surface area (Å²) in [4.78, 5) is 16.8. The van der Waals surface area contributed by atoms with Crippen LogP contribution in [0, 0.1) is 5.92 Å². The van der Waals surface area contributed by atoms with Crippen molar-refractivity contribution in [1.29, 1.82) is 0 Å². The molecule has 4 nitrogen and oxygen atoms in total. The van der Waals surface area contributed by atoms with Gasteiger partial charge in [-0.1, -0.05) is 19.3 Å². The van der Waals surface area contributed by atoms with Crippen LogP contribution in [0.3, 0.4) is 0 Å². The molecule has 2 heterocycles. The summed E-state index contributed by atoms with van der Waals surface area (Å²) in [5.41, 5.74) is 5.76. The zero-order chi connectivity index (χ0) is 13.5. The number of nitrogens with two attached hydrogens (primary N) is 1. The highest BCUT2D eigenvalue weighted by Crippen LogP contribution is 2.16. The number of hydrogen-bond donors (Lipinski definition) is 1. The molecule has 1 amide bonds. The molecule has 0 aromatic rings. The fourth-order valence-corrected chi connectivity index (χ4v) is 3.28. The van der Waals surface area contributed by atoms with Crippen LogP contribution in [-0.4, -0.2) is 55.0 Å². The van der Waals surface area contributed by atoms with Crippen molar-refractivity contribution in [2.24, 2.45) is 11.7 Å². The van der Waals surface area contributed by atoms with Crippen LogP contribution in [0.5, 0.6) is 0 Å².